The van der Waals surface area contributed by atoms with Crippen LogP contribution in [0.5, 0.6) is 0 Å². The van der Waals surface area contributed by atoms with Crippen molar-refractivity contribution in [1.29, 1.82) is 0 Å². The van der Waals surface area contributed by atoms with Crippen LogP contribution in [0, 0.1) is 13.8 Å². The van der Waals surface area contributed by atoms with Crippen molar-refractivity contribution in [2.75, 3.05) is 26.2 Å². The summed E-state index contributed by atoms with van der Waals surface area (Å²) in [4.78, 5) is 14.9. The van der Waals surface area contributed by atoms with Crippen LogP contribution in [-0.4, -0.2) is 49.7 Å². The molecule has 0 aliphatic carbocycles. The summed E-state index contributed by atoms with van der Waals surface area (Å²) in [6, 6.07) is 14.2. The molecule has 2 aromatic rings. The van der Waals surface area contributed by atoms with Gasteiger partial charge in [-0.3, -0.25) is 4.79 Å². The van der Waals surface area contributed by atoms with E-state index in [-0.39, 0.29) is 5.91 Å². The minimum atomic E-state index is -3.52. The molecular weight excluding hydrogens is 348 g/mol. The van der Waals surface area contributed by atoms with Gasteiger partial charge in [-0.25, -0.2) is 8.42 Å². The fourth-order valence-electron chi connectivity index (χ4n) is 3.14. The van der Waals surface area contributed by atoms with Gasteiger partial charge < -0.3 is 4.90 Å². The Labute approximate surface area is 155 Å². The summed E-state index contributed by atoms with van der Waals surface area (Å²) in [7, 11) is -3.52. The second-order valence-electron chi connectivity index (χ2n) is 6.66. The molecule has 0 spiro atoms. The highest BCUT2D eigenvalue weighted by atomic mass is 32.2. The average molecular weight is 372 g/mol. The van der Waals surface area contributed by atoms with Gasteiger partial charge in [0.2, 0.25) is 10.0 Å². The molecule has 1 aliphatic heterocycles. The van der Waals surface area contributed by atoms with E-state index in [0.29, 0.717) is 43.1 Å². The standard InChI is InChI=1S/C20H24N2O3S/c1-16-9-10-18(15-17(16)2)20(23)21-11-6-12-22(14-13-21)26(24,25)19-7-4-3-5-8-19/h3-5,7-10,15H,6,11-14H2,1-2H3. The van der Waals surface area contributed by atoms with E-state index < -0.39 is 10.0 Å². The Balaban J connectivity index is 1.74. The molecule has 0 saturated carbocycles. The first-order valence-electron chi connectivity index (χ1n) is 8.81. The molecule has 1 aliphatic rings. The van der Waals surface area contributed by atoms with E-state index >= 15 is 0 Å². The summed E-state index contributed by atoms with van der Waals surface area (Å²) in [5, 5.41) is 0. The summed E-state index contributed by atoms with van der Waals surface area (Å²) in [6.45, 7) is 5.71. The minimum absolute atomic E-state index is 0.0351. The van der Waals surface area contributed by atoms with Crippen LogP contribution in [0.25, 0.3) is 0 Å². The van der Waals surface area contributed by atoms with E-state index in [1.807, 2.05) is 32.0 Å². The van der Waals surface area contributed by atoms with Crippen LogP contribution in [0.2, 0.25) is 0 Å². The number of hydrogen-bond acceptors (Lipinski definition) is 3. The van der Waals surface area contributed by atoms with Crippen molar-refractivity contribution in [3.8, 4) is 0 Å². The summed E-state index contributed by atoms with van der Waals surface area (Å²) in [6.07, 6.45) is 0.628. The molecule has 1 fully saturated rings. The lowest BCUT2D eigenvalue weighted by Gasteiger charge is -2.22. The number of nitrogens with zero attached hydrogens (tertiary/aromatic N) is 2. The Morgan fingerprint density at radius 3 is 2.31 bits per heavy atom. The number of benzene rings is 2. The van der Waals surface area contributed by atoms with Crippen molar-refractivity contribution in [2.24, 2.45) is 0 Å². The highest BCUT2D eigenvalue weighted by Gasteiger charge is 2.28. The Hall–Kier alpha value is -2.18. The van der Waals surface area contributed by atoms with Crippen LogP contribution in [0.15, 0.2) is 53.4 Å². The highest BCUT2D eigenvalue weighted by molar-refractivity contribution is 7.89. The number of hydrogen-bond donors (Lipinski definition) is 0. The van der Waals surface area contributed by atoms with Gasteiger partial charge in [0.25, 0.3) is 5.91 Å². The van der Waals surface area contributed by atoms with Crippen LogP contribution < -0.4 is 0 Å². The highest BCUT2D eigenvalue weighted by Crippen LogP contribution is 2.19. The first kappa shape index (κ1) is 18.6. The smallest absolute Gasteiger partial charge is 0.253 e. The van der Waals surface area contributed by atoms with Gasteiger partial charge in [0.05, 0.1) is 4.90 Å². The van der Waals surface area contributed by atoms with Crippen LogP contribution in [0.4, 0.5) is 0 Å². The summed E-state index contributed by atoms with van der Waals surface area (Å²) in [5.74, 6) is -0.0351. The zero-order valence-corrected chi connectivity index (χ0v) is 16.0. The molecule has 0 bridgehead atoms. The molecule has 1 heterocycles. The van der Waals surface area contributed by atoms with E-state index in [1.165, 1.54) is 4.31 Å². The third-order valence-corrected chi connectivity index (χ3v) is 6.79. The number of rotatable bonds is 3. The van der Waals surface area contributed by atoms with Crippen LogP contribution in [0.3, 0.4) is 0 Å². The van der Waals surface area contributed by atoms with Gasteiger partial charge in [0, 0.05) is 31.7 Å². The predicted octanol–water partition coefficient (Wildman–Crippen LogP) is 2.84. The molecule has 0 radical (unpaired) electrons. The molecular formula is C20H24N2O3S. The van der Waals surface area contributed by atoms with E-state index in [0.717, 1.165) is 11.1 Å². The second kappa shape index (κ2) is 7.60. The molecule has 1 saturated heterocycles. The van der Waals surface area contributed by atoms with Gasteiger partial charge in [0.1, 0.15) is 0 Å². The Morgan fingerprint density at radius 1 is 0.885 bits per heavy atom. The zero-order valence-electron chi connectivity index (χ0n) is 15.2. The van der Waals surface area contributed by atoms with Crippen molar-refractivity contribution in [3.63, 3.8) is 0 Å². The third-order valence-electron chi connectivity index (χ3n) is 4.88. The molecule has 2 aromatic carbocycles. The SMILES string of the molecule is Cc1ccc(C(=O)N2CCCN(S(=O)(=O)c3ccccc3)CC2)cc1C. The maximum atomic E-state index is 12.8. The number of sulfonamides is 1. The van der Waals surface area contributed by atoms with Gasteiger partial charge in [-0.15, -0.1) is 0 Å². The van der Waals surface area contributed by atoms with Crippen molar-refractivity contribution in [1.82, 2.24) is 9.21 Å². The lowest BCUT2D eigenvalue weighted by Crippen LogP contribution is -2.37. The lowest BCUT2D eigenvalue weighted by atomic mass is 10.1. The van der Waals surface area contributed by atoms with E-state index in [2.05, 4.69) is 0 Å². The first-order valence-corrected chi connectivity index (χ1v) is 10.3. The Morgan fingerprint density at radius 2 is 1.62 bits per heavy atom. The molecule has 0 N–H and O–H groups in total. The average Bonchev–Trinajstić information content (AvgIpc) is 2.91. The molecule has 3 rings (SSSR count). The number of aryl methyl sites for hydroxylation is 2. The predicted molar refractivity (Wildman–Crippen MR) is 102 cm³/mol. The summed E-state index contributed by atoms with van der Waals surface area (Å²) >= 11 is 0. The fraction of sp³-hybridized carbons (Fsp3) is 0.350. The molecule has 138 valence electrons. The maximum absolute atomic E-state index is 12.8. The molecule has 0 aromatic heterocycles. The van der Waals surface area contributed by atoms with Gasteiger partial charge in [-0.1, -0.05) is 24.3 Å². The van der Waals surface area contributed by atoms with E-state index in [4.69, 9.17) is 0 Å². The Bertz CT molecular complexity index is 895. The monoisotopic (exact) mass is 372 g/mol. The van der Waals surface area contributed by atoms with Gasteiger partial charge in [0.15, 0.2) is 0 Å². The van der Waals surface area contributed by atoms with Crippen molar-refractivity contribution in [3.05, 3.63) is 65.2 Å². The van der Waals surface area contributed by atoms with Gasteiger partial charge in [-0.05, 0) is 55.7 Å². The number of carbonyl (C=O) groups is 1. The Kier molecular flexibility index (Phi) is 5.44. The van der Waals surface area contributed by atoms with Crippen molar-refractivity contribution >= 4 is 15.9 Å². The molecule has 6 heteroatoms. The molecule has 0 unspecified atom stereocenters. The fourth-order valence-corrected chi connectivity index (χ4v) is 4.63. The van der Waals surface area contributed by atoms with Gasteiger partial charge in [-0.2, -0.15) is 4.31 Å². The largest absolute Gasteiger partial charge is 0.337 e. The quantitative estimate of drug-likeness (QED) is 0.832. The minimum Gasteiger partial charge on any atom is -0.337 e. The molecule has 5 nitrogen and oxygen atoms in total. The zero-order chi connectivity index (χ0) is 18.7. The van der Waals surface area contributed by atoms with E-state index in [9.17, 15) is 13.2 Å². The summed E-state index contributed by atoms with van der Waals surface area (Å²) < 4.78 is 27.1. The normalized spacial score (nSPS) is 16.3. The van der Waals surface area contributed by atoms with Crippen molar-refractivity contribution < 1.29 is 13.2 Å². The topological polar surface area (TPSA) is 57.7 Å². The second-order valence-corrected chi connectivity index (χ2v) is 8.60. The van der Waals surface area contributed by atoms with Gasteiger partial charge >= 0.3 is 0 Å². The molecule has 0 atom stereocenters. The molecule has 26 heavy (non-hydrogen) atoms. The maximum Gasteiger partial charge on any atom is 0.253 e. The molecule has 1 amide bonds. The third kappa shape index (κ3) is 3.81. The van der Waals surface area contributed by atoms with Crippen LogP contribution in [-0.2, 0) is 10.0 Å². The van der Waals surface area contributed by atoms with Crippen LogP contribution >= 0.6 is 0 Å². The van der Waals surface area contributed by atoms with Crippen molar-refractivity contribution in [2.45, 2.75) is 25.2 Å². The van der Waals surface area contributed by atoms with Crippen LogP contribution in [0.1, 0.15) is 27.9 Å². The summed E-state index contributed by atoms with van der Waals surface area (Å²) in [5.41, 5.74) is 2.89. The first-order chi connectivity index (χ1) is 12.4. The van der Waals surface area contributed by atoms with E-state index in [1.54, 1.807) is 35.2 Å². The number of amides is 1. The number of carbonyl (C=O) groups excluding carboxylic acids is 1. The lowest BCUT2D eigenvalue weighted by molar-refractivity contribution is 0.0764.